The maximum Gasteiger partial charge on any atom is 0.221 e. The van der Waals surface area contributed by atoms with E-state index in [-0.39, 0.29) is 5.91 Å². The van der Waals surface area contributed by atoms with Crippen molar-refractivity contribution in [1.29, 1.82) is 0 Å². The van der Waals surface area contributed by atoms with Crippen molar-refractivity contribution >= 4 is 23.4 Å². The van der Waals surface area contributed by atoms with Crippen LogP contribution in [0.5, 0.6) is 0 Å². The van der Waals surface area contributed by atoms with Gasteiger partial charge in [-0.25, -0.2) is 0 Å². The predicted molar refractivity (Wildman–Crippen MR) is 54.0 cm³/mol. The van der Waals surface area contributed by atoms with Gasteiger partial charge in [0.2, 0.25) is 5.91 Å². The van der Waals surface area contributed by atoms with Gasteiger partial charge in [-0.3, -0.25) is 4.79 Å². The smallest absolute Gasteiger partial charge is 0.221 e. The molecule has 13 heavy (non-hydrogen) atoms. The van der Waals surface area contributed by atoms with Crippen LogP contribution in [0.2, 0.25) is 0 Å². The zero-order valence-electron chi connectivity index (χ0n) is 7.53. The minimum absolute atomic E-state index is 0.100. The molecule has 0 unspecified atom stereocenters. The van der Waals surface area contributed by atoms with E-state index >= 15 is 0 Å². The van der Waals surface area contributed by atoms with Gasteiger partial charge in [0.15, 0.2) is 5.76 Å². The van der Waals surface area contributed by atoms with Crippen molar-refractivity contribution in [3.8, 4) is 0 Å². The monoisotopic (exact) mass is 197 g/mol. The van der Waals surface area contributed by atoms with E-state index in [1.54, 1.807) is 18.4 Å². The van der Waals surface area contributed by atoms with E-state index in [1.807, 2.05) is 11.7 Å². The summed E-state index contributed by atoms with van der Waals surface area (Å²) < 4.78 is 5.15. The molecule has 1 rings (SSSR count). The molecule has 0 bridgehead atoms. The zero-order chi connectivity index (χ0) is 9.68. The molecule has 1 amide bonds. The van der Waals surface area contributed by atoms with E-state index in [2.05, 4.69) is 5.32 Å². The maximum atomic E-state index is 10.8. The average molecular weight is 197 g/mol. The Morgan fingerprint density at radius 3 is 2.92 bits per heavy atom. The summed E-state index contributed by atoms with van der Waals surface area (Å²) in [6, 6.07) is 3.59. The minimum atomic E-state index is -0.100. The lowest BCUT2D eigenvalue weighted by molar-refractivity contribution is -0.117. The van der Waals surface area contributed by atoms with Crippen molar-refractivity contribution in [2.75, 3.05) is 6.26 Å². The number of furan rings is 1. The fourth-order valence-corrected chi connectivity index (χ4v) is 1.30. The largest absolute Gasteiger partial charge is 0.463 e. The van der Waals surface area contributed by atoms with Gasteiger partial charge in [0.05, 0.1) is 12.0 Å². The normalized spacial score (nSPS) is 11.4. The topological polar surface area (TPSA) is 42.2 Å². The van der Waals surface area contributed by atoms with Crippen LogP contribution in [0, 0.1) is 0 Å². The quantitative estimate of drug-likeness (QED) is 0.806. The molecule has 1 aromatic heterocycles. The van der Waals surface area contributed by atoms with Gasteiger partial charge >= 0.3 is 0 Å². The number of hydrogen-bond donors (Lipinski definition) is 1. The summed E-state index contributed by atoms with van der Waals surface area (Å²) >= 11 is 1.51. The Kier molecular flexibility index (Phi) is 3.64. The van der Waals surface area contributed by atoms with E-state index in [0.717, 1.165) is 0 Å². The Morgan fingerprint density at radius 2 is 2.46 bits per heavy atom. The zero-order valence-corrected chi connectivity index (χ0v) is 8.35. The Labute approximate surface area is 81.2 Å². The van der Waals surface area contributed by atoms with E-state index in [1.165, 1.54) is 18.7 Å². The number of carbonyl (C=O) groups excluding carboxylic acids is 1. The molecule has 0 saturated carbocycles. The summed E-state index contributed by atoms with van der Waals surface area (Å²) in [4.78, 5) is 10.8. The molecule has 70 valence electrons. The number of nitrogens with one attached hydrogen (secondary N) is 1. The van der Waals surface area contributed by atoms with Crippen LogP contribution in [0.4, 0.5) is 0 Å². The third kappa shape index (κ3) is 2.99. The van der Waals surface area contributed by atoms with Crippen LogP contribution >= 0.6 is 11.8 Å². The van der Waals surface area contributed by atoms with Crippen LogP contribution in [-0.4, -0.2) is 12.2 Å². The SMILES string of the molecule is CS/C=C(\NC(C)=O)c1ccco1. The lowest BCUT2D eigenvalue weighted by Crippen LogP contribution is -2.17. The molecule has 0 aliphatic rings. The van der Waals surface area contributed by atoms with Crippen molar-refractivity contribution in [1.82, 2.24) is 5.32 Å². The van der Waals surface area contributed by atoms with Gasteiger partial charge in [-0.2, -0.15) is 0 Å². The van der Waals surface area contributed by atoms with Gasteiger partial charge < -0.3 is 9.73 Å². The third-order valence-corrected chi connectivity index (χ3v) is 1.80. The predicted octanol–water partition coefficient (Wildman–Crippen LogP) is 2.08. The molecule has 0 radical (unpaired) electrons. The number of hydrogen-bond acceptors (Lipinski definition) is 3. The number of thioether (sulfide) groups is 1. The van der Waals surface area contributed by atoms with Crippen molar-refractivity contribution in [3.05, 3.63) is 29.6 Å². The molecule has 0 aliphatic heterocycles. The minimum Gasteiger partial charge on any atom is -0.463 e. The van der Waals surface area contributed by atoms with E-state index in [0.29, 0.717) is 11.5 Å². The molecule has 0 aliphatic carbocycles. The highest BCUT2D eigenvalue weighted by Gasteiger charge is 2.04. The van der Waals surface area contributed by atoms with Crippen molar-refractivity contribution in [3.63, 3.8) is 0 Å². The van der Waals surface area contributed by atoms with Gasteiger partial charge in [-0.1, -0.05) is 0 Å². The first-order valence-electron chi connectivity index (χ1n) is 3.78. The molecule has 0 fully saturated rings. The molecule has 1 heterocycles. The summed E-state index contributed by atoms with van der Waals surface area (Å²) in [7, 11) is 0. The van der Waals surface area contributed by atoms with Crippen molar-refractivity contribution < 1.29 is 9.21 Å². The number of rotatable bonds is 3. The Balaban J connectivity index is 2.81. The highest BCUT2D eigenvalue weighted by Crippen LogP contribution is 2.14. The third-order valence-electron chi connectivity index (χ3n) is 1.33. The van der Waals surface area contributed by atoms with Crippen LogP contribution < -0.4 is 5.32 Å². The van der Waals surface area contributed by atoms with Gasteiger partial charge in [0, 0.05) is 6.92 Å². The molecular formula is C9H11NO2S. The number of amides is 1. The van der Waals surface area contributed by atoms with Gasteiger partial charge in [0.25, 0.3) is 0 Å². The summed E-state index contributed by atoms with van der Waals surface area (Å²) in [5.41, 5.74) is 0.699. The van der Waals surface area contributed by atoms with Crippen LogP contribution in [0.3, 0.4) is 0 Å². The van der Waals surface area contributed by atoms with Crippen LogP contribution in [0.1, 0.15) is 12.7 Å². The van der Waals surface area contributed by atoms with Crippen LogP contribution in [-0.2, 0) is 4.79 Å². The number of carbonyl (C=O) groups is 1. The Morgan fingerprint density at radius 1 is 1.69 bits per heavy atom. The molecule has 0 saturated heterocycles. The van der Waals surface area contributed by atoms with E-state index < -0.39 is 0 Å². The summed E-state index contributed by atoms with van der Waals surface area (Å²) in [6.45, 7) is 1.47. The van der Waals surface area contributed by atoms with E-state index in [4.69, 9.17) is 4.42 Å². The van der Waals surface area contributed by atoms with Crippen LogP contribution in [0.25, 0.3) is 5.70 Å². The maximum absolute atomic E-state index is 10.8. The lowest BCUT2D eigenvalue weighted by Gasteiger charge is -2.03. The molecule has 0 aromatic carbocycles. The average Bonchev–Trinajstić information content (AvgIpc) is 2.54. The summed E-state index contributed by atoms with van der Waals surface area (Å²) in [5, 5.41) is 4.52. The molecule has 1 N–H and O–H groups in total. The highest BCUT2D eigenvalue weighted by molar-refractivity contribution is 8.01. The summed E-state index contributed by atoms with van der Waals surface area (Å²) in [5.74, 6) is 0.571. The lowest BCUT2D eigenvalue weighted by atomic mass is 10.3. The fraction of sp³-hybridized carbons (Fsp3) is 0.222. The van der Waals surface area contributed by atoms with E-state index in [9.17, 15) is 4.79 Å². The van der Waals surface area contributed by atoms with Gasteiger partial charge in [-0.05, 0) is 23.8 Å². The first-order valence-corrected chi connectivity index (χ1v) is 5.07. The molecule has 3 nitrogen and oxygen atoms in total. The molecule has 0 spiro atoms. The molecule has 1 aromatic rings. The van der Waals surface area contributed by atoms with Crippen molar-refractivity contribution in [2.24, 2.45) is 0 Å². The Bertz CT molecular complexity index is 303. The second-order valence-electron chi connectivity index (χ2n) is 2.43. The standard InChI is InChI=1S/C9H11NO2S/c1-7(11)10-8(6-13-2)9-4-3-5-12-9/h3-6H,1-2H3,(H,10,11)/b8-6-. The highest BCUT2D eigenvalue weighted by atomic mass is 32.2. The second-order valence-corrected chi connectivity index (χ2v) is 3.13. The summed E-state index contributed by atoms with van der Waals surface area (Å²) in [6.07, 6.45) is 3.50. The first-order chi connectivity index (χ1) is 6.24. The molecule has 0 atom stereocenters. The fourth-order valence-electron chi connectivity index (χ4n) is 0.888. The molecular weight excluding hydrogens is 186 g/mol. The van der Waals surface area contributed by atoms with Gasteiger partial charge in [0.1, 0.15) is 0 Å². The second kappa shape index (κ2) is 4.77. The van der Waals surface area contributed by atoms with Crippen molar-refractivity contribution in [2.45, 2.75) is 6.92 Å². The first kappa shape index (κ1) is 9.92. The molecule has 4 heteroatoms. The Hall–Kier alpha value is -1.16. The van der Waals surface area contributed by atoms with Crippen LogP contribution in [0.15, 0.2) is 28.2 Å². The van der Waals surface area contributed by atoms with Gasteiger partial charge in [-0.15, -0.1) is 11.8 Å².